The maximum Gasteiger partial charge on any atom is 0.308 e. The van der Waals surface area contributed by atoms with Crippen LogP contribution in [-0.4, -0.2) is 12.5 Å². The van der Waals surface area contributed by atoms with Crippen molar-refractivity contribution in [1.29, 1.82) is 0 Å². The molecule has 4 nitrogen and oxygen atoms in total. The second-order valence-corrected chi connectivity index (χ2v) is 10.5. The number of benzene rings is 6. The zero-order valence-electron chi connectivity index (χ0n) is 21.8. The van der Waals surface area contributed by atoms with E-state index in [1.807, 2.05) is 42.5 Å². The Morgan fingerprint density at radius 3 is 1.29 bits per heavy atom. The molecule has 0 unspecified atom stereocenters. The van der Waals surface area contributed by atoms with Crippen LogP contribution in [0.5, 0.6) is 0 Å². The third-order valence-electron chi connectivity index (χ3n) is 8.29. The molecule has 0 spiro atoms. The molecule has 0 aliphatic heterocycles. The molecule has 3 heterocycles. The van der Waals surface area contributed by atoms with Crippen molar-refractivity contribution in [2.75, 3.05) is 0 Å². The van der Waals surface area contributed by atoms with Gasteiger partial charge in [-0.25, -0.2) is 0 Å². The van der Waals surface area contributed by atoms with Crippen molar-refractivity contribution in [1.82, 2.24) is 0 Å². The number of rotatable bonds is 3. The van der Waals surface area contributed by atoms with Crippen LogP contribution in [0.25, 0.3) is 88.1 Å². The summed E-state index contributed by atoms with van der Waals surface area (Å²) in [5.74, 6) is 0. The predicted molar refractivity (Wildman–Crippen MR) is 168 cm³/mol. The quantitative estimate of drug-likeness (QED) is 0.233. The molecule has 9 aromatic rings. The van der Waals surface area contributed by atoms with E-state index >= 15 is 0 Å². The molecule has 0 atom stereocenters. The Bertz CT molecular complexity index is 2480. The topological polar surface area (TPSA) is 59.7 Å². The van der Waals surface area contributed by atoms with Crippen LogP contribution < -0.4 is 5.46 Å². The molecule has 0 fully saturated rings. The molecule has 0 amide bonds. The molecule has 0 bridgehead atoms. The standard InChI is InChI=1S/C36H21BO4/c38-37-30-18-7-17-29-28-16-6-15-27(35(28)41-36(29)30)26-14-5-13-25-24-12-4-11-23(33(24)40-34(25)26)22-10-3-9-21-20-8-1-2-19-31(20)39-32(21)22/h1-19,37-38H. The van der Waals surface area contributed by atoms with Crippen LogP contribution in [0.2, 0.25) is 0 Å². The van der Waals surface area contributed by atoms with Crippen molar-refractivity contribution < 1.29 is 18.3 Å². The van der Waals surface area contributed by atoms with Crippen molar-refractivity contribution in [3.05, 3.63) is 115 Å². The minimum absolute atomic E-state index is 0.0770. The molecule has 192 valence electrons. The third kappa shape index (κ3) is 3.09. The number of hydrogen-bond acceptors (Lipinski definition) is 4. The molecule has 6 aromatic carbocycles. The molecule has 0 radical (unpaired) electrons. The van der Waals surface area contributed by atoms with E-state index in [2.05, 4.69) is 72.8 Å². The SMILES string of the molecule is OBc1cccc2c1oc1c(-c3cccc4c3oc3c(-c5cccc6c5oc5ccccc56)cccc34)cccc12. The van der Waals surface area contributed by atoms with E-state index < -0.39 is 0 Å². The first kappa shape index (κ1) is 22.5. The number of para-hydroxylation sites is 6. The van der Waals surface area contributed by atoms with E-state index in [9.17, 15) is 5.02 Å². The normalized spacial score (nSPS) is 12.0. The summed E-state index contributed by atoms with van der Waals surface area (Å²) in [4.78, 5) is 0. The van der Waals surface area contributed by atoms with Gasteiger partial charge in [-0.1, -0.05) is 109 Å². The number of hydrogen-bond donors (Lipinski definition) is 1. The van der Waals surface area contributed by atoms with Crippen LogP contribution in [0.15, 0.2) is 129 Å². The van der Waals surface area contributed by atoms with E-state index in [1.54, 1.807) is 0 Å². The van der Waals surface area contributed by atoms with Gasteiger partial charge in [0.05, 0.1) is 0 Å². The molecule has 9 rings (SSSR count). The van der Waals surface area contributed by atoms with Gasteiger partial charge in [0.25, 0.3) is 0 Å². The average molecular weight is 528 g/mol. The van der Waals surface area contributed by atoms with Gasteiger partial charge >= 0.3 is 7.48 Å². The van der Waals surface area contributed by atoms with Crippen molar-refractivity contribution in [2.45, 2.75) is 0 Å². The van der Waals surface area contributed by atoms with Crippen LogP contribution in [0.4, 0.5) is 0 Å². The first-order valence-corrected chi connectivity index (χ1v) is 13.7. The van der Waals surface area contributed by atoms with Gasteiger partial charge < -0.3 is 18.3 Å². The molecule has 5 heteroatoms. The Kier molecular flexibility index (Phi) is 4.60. The maximum atomic E-state index is 9.91. The molecular formula is C36H21BO4. The minimum Gasteiger partial charge on any atom is -0.456 e. The van der Waals surface area contributed by atoms with Crippen molar-refractivity contribution in [2.24, 2.45) is 0 Å². The van der Waals surface area contributed by atoms with Gasteiger partial charge in [0, 0.05) is 54.6 Å². The summed E-state index contributed by atoms with van der Waals surface area (Å²) in [6.07, 6.45) is 0. The highest BCUT2D eigenvalue weighted by Crippen LogP contribution is 2.44. The minimum atomic E-state index is -0.0770. The largest absolute Gasteiger partial charge is 0.456 e. The summed E-state index contributed by atoms with van der Waals surface area (Å²) in [5.41, 5.74) is 9.53. The molecule has 41 heavy (non-hydrogen) atoms. The van der Waals surface area contributed by atoms with Gasteiger partial charge in [0.15, 0.2) is 0 Å². The molecule has 0 saturated carbocycles. The zero-order chi connectivity index (χ0) is 27.1. The van der Waals surface area contributed by atoms with Gasteiger partial charge in [-0.15, -0.1) is 0 Å². The summed E-state index contributed by atoms with van der Waals surface area (Å²) in [6, 6.07) is 39.1. The lowest BCUT2D eigenvalue weighted by molar-refractivity contribution is 0.613. The van der Waals surface area contributed by atoms with Crippen molar-refractivity contribution >= 4 is 78.8 Å². The molecule has 0 saturated heterocycles. The van der Waals surface area contributed by atoms with Gasteiger partial charge in [0.2, 0.25) is 0 Å². The first-order valence-electron chi connectivity index (χ1n) is 13.7. The van der Waals surface area contributed by atoms with Gasteiger partial charge in [-0.3, -0.25) is 0 Å². The highest BCUT2D eigenvalue weighted by molar-refractivity contribution is 6.50. The molecular weight excluding hydrogens is 507 g/mol. The number of fused-ring (bicyclic) bond motifs is 9. The van der Waals surface area contributed by atoms with Gasteiger partial charge in [0.1, 0.15) is 33.5 Å². The van der Waals surface area contributed by atoms with E-state index in [0.29, 0.717) is 0 Å². The zero-order valence-corrected chi connectivity index (χ0v) is 21.8. The lowest BCUT2D eigenvalue weighted by atomic mass is 9.87. The van der Waals surface area contributed by atoms with E-state index in [0.717, 1.165) is 93.5 Å². The highest BCUT2D eigenvalue weighted by atomic mass is 16.3. The van der Waals surface area contributed by atoms with E-state index in [1.165, 1.54) is 0 Å². The average Bonchev–Trinajstić information content (AvgIpc) is 3.72. The predicted octanol–water partition coefficient (Wildman–Crippen LogP) is 8.69. The summed E-state index contributed by atoms with van der Waals surface area (Å²) in [5, 5.41) is 16.2. The second-order valence-electron chi connectivity index (χ2n) is 10.5. The second kappa shape index (κ2) is 8.37. The fourth-order valence-corrected chi connectivity index (χ4v) is 6.42. The summed E-state index contributed by atoms with van der Waals surface area (Å²) in [7, 11) is -0.0770. The third-order valence-corrected chi connectivity index (χ3v) is 8.29. The summed E-state index contributed by atoms with van der Waals surface area (Å²) in [6.45, 7) is 0. The lowest BCUT2D eigenvalue weighted by Crippen LogP contribution is -2.12. The molecule has 1 N–H and O–H groups in total. The molecule has 0 aliphatic rings. The van der Waals surface area contributed by atoms with Crippen LogP contribution in [0.3, 0.4) is 0 Å². The Labute approximate surface area is 234 Å². The van der Waals surface area contributed by atoms with E-state index in [-0.39, 0.29) is 7.48 Å². The van der Waals surface area contributed by atoms with Crippen LogP contribution >= 0.6 is 0 Å². The number of furan rings is 3. The van der Waals surface area contributed by atoms with Crippen LogP contribution in [0.1, 0.15) is 0 Å². The van der Waals surface area contributed by atoms with Gasteiger partial charge in [-0.05, 0) is 11.5 Å². The fraction of sp³-hybridized carbons (Fsp3) is 0. The Morgan fingerprint density at radius 1 is 0.366 bits per heavy atom. The summed E-state index contributed by atoms with van der Waals surface area (Å²) >= 11 is 0. The van der Waals surface area contributed by atoms with Crippen molar-refractivity contribution in [3.63, 3.8) is 0 Å². The Morgan fingerprint density at radius 2 is 0.756 bits per heavy atom. The highest BCUT2D eigenvalue weighted by Gasteiger charge is 2.21. The van der Waals surface area contributed by atoms with Crippen LogP contribution in [0, 0.1) is 0 Å². The molecule has 3 aromatic heterocycles. The summed E-state index contributed by atoms with van der Waals surface area (Å²) < 4.78 is 19.6. The monoisotopic (exact) mass is 528 g/mol. The van der Waals surface area contributed by atoms with Gasteiger partial charge in [-0.2, -0.15) is 0 Å². The smallest absolute Gasteiger partial charge is 0.308 e. The lowest BCUT2D eigenvalue weighted by Gasteiger charge is -2.04. The van der Waals surface area contributed by atoms with Crippen LogP contribution in [-0.2, 0) is 0 Å². The maximum absolute atomic E-state index is 9.91. The van der Waals surface area contributed by atoms with E-state index in [4.69, 9.17) is 13.3 Å². The Hall–Kier alpha value is -5.26. The molecule has 0 aliphatic carbocycles. The first-order chi connectivity index (χ1) is 20.3. The fourth-order valence-electron chi connectivity index (χ4n) is 6.42. The van der Waals surface area contributed by atoms with Crippen molar-refractivity contribution in [3.8, 4) is 22.3 Å². The Balaban J connectivity index is 1.33.